The fraction of sp³-hybridized carbons (Fsp3) is 0.429. The summed E-state index contributed by atoms with van der Waals surface area (Å²) in [4.78, 5) is 14.6. The average Bonchev–Trinajstić information content (AvgIpc) is 2.79. The van der Waals surface area contributed by atoms with Crippen LogP contribution >= 0.6 is 0 Å². The van der Waals surface area contributed by atoms with Gasteiger partial charge in [0.25, 0.3) is 5.91 Å². The number of hydrogen-bond acceptors (Lipinski definition) is 4. The van der Waals surface area contributed by atoms with Gasteiger partial charge in [0, 0.05) is 11.9 Å². The molecule has 3 N–H and O–H groups in total. The average molecular weight is 274 g/mol. The van der Waals surface area contributed by atoms with Gasteiger partial charge in [-0.2, -0.15) is 0 Å². The molecule has 1 fully saturated rings. The van der Waals surface area contributed by atoms with Crippen LogP contribution in [0, 0.1) is 0 Å². The Kier molecular flexibility index (Phi) is 3.10. The lowest BCUT2D eigenvalue weighted by Crippen LogP contribution is -2.31. The number of hydrogen-bond donors (Lipinski definition) is 2. The maximum atomic E-state index is 11.6. The van der Waals surface area contributed by atoms with Crippen LogP contribution in [0.15, 0.2) is 18.3 Å². The lowest BCUT2D eigenvalue weighted by atomic mass is 9.89. The predicted molar refractivity (Wildman–Crippen MR) is 74.9 cm³/mol. The van der Waals surface area contributed by atoms with Gasteiger partial charge in [0.15, 0.2) is 0 Å². The van der Waals surface area contributed by atoms with E-state index in [1.54, 1.807) is 12.3 Å². The van der Waals surface area contributed by atoms with E-state index in [0.29, 0.717) is 21.8 Å². The monoisotopic (exact) mass is 274 g/mol. The third kappa shape index (κ3) is 2.12. The first kappa shape index (κ1) is 12.9. The van der Waals surface area contributed by atoms with Crippen molar-refractivity contribution in [2.45, 2.75) is 18.8 Å². The van der Waals surface area contributed by atoms with Gasteiger partial charge in [-0.05, 0) is 50.0 Å². The van der Waals surface area contributed by atoms with Gasteiger partial charge in [-0.1, -0.05) is 0 Å². The Morgan fingerprint density at radius 2 is 2.30 bits per heavy atom. The highest BCUT2D eigenvalue weighted by atomic mass is 16.5. The summed E-state index contributed by atoms with van der Waals surface area (Å²) < 4.78 is 0. The summed E-state index contributed by atoms with van der Waals surface area (Å²) in [6.45, 7) is 2.08. The molecule has 1 aromatic heterocycles. The standard InChI is InChI=1S/C14H18N4O2/c1-17-4-2-3-9(8-17)10-5-11-7-16-18(20)13(11)12(6-10)14(15)19/h5-7,9,20H,2-4,8H2,1H3,(H2,15,19). The maximum absolute atomic E-state index is 11.6. The first-order valence-electron chi connectivity index (χ1n) is 6.75. The largest absolute Gasteiger partial charge is 0.411 e. The SMILES string of the molecule is CN1CCCC(c2cc(C(N)=O)c3c(cnn3O)c2)C1. The normalized spacial score (nSPS) is 20.4. The van der Waals surface area contributed by atoms with Crippen LogP contribution in [0.25, 0.3) is 10.9 Å². The molecule has 0 saturated carbocycles. The second-order valence-corrected chi connectivity index (χ2v) is 5.51. The fourth-order valence-corrected chi connectivity index (χ4v) is 3.04. The van der Waals surface area contributed by atoms with Crippen LogP contribution < -0.4 is 5.73 Å². The van der Waals surface area contributed by atoms with Crippen LogP contribution in [-0.4, -0.2) is 46.1 Å². The van der Waals surface area contributed by atoms with Crippen LogP contribution in [0.3, 0.4) is 0 Å². The number of carbonyl (C=O) groups excluding carboxylic acids is 1. The van der Waals surface area contributed by atoms with Gasteiger partial charge in [0.05, 0.1) is 11.8 Å². The lowest BCUT2D eigenvalue weighted by Gasteiger charge is -2.30. The van der Waals surface area contributed by atoms with Crippen molar-refractivity contribution in [1.29, 1.82) is 0 Å². The minimum absolute atomic E-state index is 0.325. The summed E-state index contributed by atoms with van der Waals surface area (Å²) in [5.74, 6) is -0.157. The molecule has 2 heterocycles. The number of nitrogens with two attached hydrogens (primary N) is 1. The molecule has 3 rings (SSSR count). The molecule has 0 bridgehead atoms. The van der Waals surface area contributed by atoms with Crippen molar-refractivity contribution < 1.29 is 10.0 Å². The van der Waals surface area contributed by atoms with Gasteiger partial charge in [-0.3, -0.25) is 4.79 Å². The smallest absolute Gasteiger partial charge is 0.251 e. The number of rotatable bonds is 2. The third-order valence-electron chi connectivity index (χ3n) is 4.03. The highest BCUT2D eigenvalue weighted by Gasteiger charge is 2.22. The van der Waals surface area contributed by atoms with E-state index in [0.717, 1.165) is 36.9 Å². The number of fused-ring (bicyclic) bond motifs is 1. The molecule has 2 aromatic rings. The summed E-state index contributed by atoms with van der Waals surface area (Å²) >= 11 is 0. The summed E-state index contributed by atoms with van der Waals surface area (Å²) in [7, 11) is 2.10. The minimum Gasteiger partial charge on any atom is -0.411 e. The molecule has 1 saturated heterocycles. The summed E-state index contributed by atoms with van der Waals surface area (Å²) in [6.07, 6.45) is 3.80. The topological polar surface area (TPSA) is 84.4 Å². The van der Waals surface area contributed by atoms with Crippen LogP contribution in [0.1, 0.15) is 34.7 Å². The molecule has 0 spiro atoms. The number of amides is 1. The van der Waals surface area contributed by atoms with E-state index in [2.05, 4.69) is 17.0 Å². The summed E-state index contributed by atoms with van der Waals surface area (Å²) in [6, 6.07) is 3.79. The van der Waals surface area contributed by atoms with E-state index in [1.807, 2.05) is 6.07 Å². The van der Waals surface area contributed by atoms with Crippen molar-refractivity contribution in [2.24, 2.45) is 5.73 Å². The van der Waals surface area contributed by atoms with E-state index in [1.165, 1.54) is 0 Å². The zero-order valence-corrected chi connectivity index (χ0v) is 11.4. The predicted octanol–water partition coefficient (Wildman–Crippen LogP) is 1.18. The lowest BCUT2D eigenvalue weighted by molar-refractivity contribution is 0.0997. The van der Waals surface area contributed by atoms with E-state index in [4.69, 9.17) is 5.73 Å². The Hall–Kier alpha value is -2.08. The van der Waals surface area contributed by atoms with E-state index in [9.17, 15) is 10.0 Å². The van der Waals surface area contributed by atoms with Crippen LogP contribution in [0.4, 0.5) is 0 Å². The Balaban J connectivity index is 2.10. The number of primary amides is 1. The van der Waals surface area contributed by atoms with Crippen LogP contribution in [0.5, 0.6) is 0 Å². The van der Waals surface area contributed by atoms with Crippen molar-refractivity contribution in [1.82, 2.24) is 14.8 Å². The highest BCUT2D eigenvalue weighted by molar-refractivity contribution is 6.05. The molecule has 1 amide bonds. The molecule has 0 radical (unpaired) electrons. The number of nitrogens with zero attached hydrogens (tertiary/aromatic N) is 3. The fourth-order valence-electron chi connectivity index (χ4n) is 3.04. The number of piperidine rings is 1. The third-order valence-corrected chi connectivity index (χ3v) is 4.03. The minimum atomic E-state index is -0.545. The molecule has 1 aliphatic rings. The number of aromatic nitrogens is 2. The molecule has 1 atom stereocenters. The Bertz CT molecular complexity index is 664. The number of likely N-dealkylation sites (N-methyl/N-ethyl adjacent to an activating group) is 1. The Morgan fingerprint density at radius 3 is 3.00 bits per heavy atom. The quantitative estimate of drug-likeness (QED) is 0.805. The second kappa shape index (κ2) is 4.79. The van der Waals surface area contributed by atoms with Crippen LogP contribution in [0.2, 0.25) is 0 Å². The highest BCUT2D eigenvalue weighted by Crippen LogP contribution is 2.30. The maximum Gasteiger partial charge on any atom is 0.251 e. The number of carbonyl (C=O) groups is 1. The summed E-state index contributed by atoms with van der Waals surface area (Å²) in [5.41, 5.74) is 7.23. The first-order chi connectivity index (χ1) is 9.56. The van der Waals surface area contributed by atoms with Gasteiger partial charge in [0.1, 0.15) is 5.52 Å². The molecule has 0 aliphatic carbocycles. The molecular weight excluding hydrogens is 256 g/mol. The van der Waals surface area contributed by atoms with Crippen molar-refractivity contribution in [3.63, 3.8) is 0 Å². The van der Waals surface area contributed by atoms with E-state index < -0.39 is 5.91 Å². The zero-order valence-electron chi connectivity index (χ0n) is 11.4. The Morgan fingerprint density at radius 1 is 1.50 bits per heavy atom. The molecule has 20 heavy (non-hydrogen) atoms. The molecular formula is C14H18N4O2. The van der Waals surface area contributed by atoms with Crippen molar-refractivity contribution >= 4 is 16.8 Å². The van der Waals surface area contributed by atoms with Gasteiger partial charge in [-0.15, -0.1) is 9.94 Å². The molecule has 1 aliphatic heterocycles. The molecule has 1 unspecified atom stereocenters. The van der Waals surface area contributed by atoms with Gasteiger partial charge in [0.2, 0.25) is 0 Å². The molecule has 1 aromatic carbocycles. The summed E-state index contributed by atoms with van der Waals surface area (Å²) in [5, 5.41) is 14.2. The van der Waals surface area contributed by atoms with E-state index >= 15 is 0 Å². The van der Waals surface area contributed by atoms with Crippen molar-refractivity contribution in [3.05, 3.63) is 29.5 Å². The van der Waals surface area contributed by atoms with E-state index in [-0.39, 0.29) is 0 Å². The molecule has 6 heteroatoms. The van der Waals surface area contributed by atoms with Gasteiger partial charge < -0.3 is 15.8 Å². The number of likely N-dealkylation sites (tertiary alicyclic amines) is 1. The second-order valence-electron chi connectivity index (χ2n) is 5.51. The molecule has 6 nitrogen and oxygen atoms in total. The molecule has 106 valence electrons. The van der Waals surface area contributed by atoms with Gasteiger partial charge >= 0.3 is 0 Å². The van der Waals surface area contributed by atoms with Crippen LogP contribution in [-0.2, 0) is 0 Å². The zero-order chi connectivity index (χ0) is 14.3. The van der Waals surface area contributed by atoms with Crippen molar-refractivity contribution in [3.8, 4) is 0 Å². The van der Waals surface area contributed by atoms with Crippen molar-refractivity contribution in [2.75, 3.05) is 20.1 Å². The van der Waals surface area contributed by atoms with Gasteiger partial charge in [-0.25, -0.2) is 0 Å². The number of benzene rings is 1. The first-order valence-corrected chi connectivity index (χ1v) is 6.75. The Labute approximate surface area is 116 Å².